The molecule has 188 valence electrons. The Balaban J connectivity index is 3.34. The van der Waals surface area contributed by atoms with Crippen molar-refractivity contribution in [1.82, 2.24) is 15.5 Å². The van der Waals surface area contributed by atoms with Gasteiger partial charge in [0, 0.05) is 26.6 Å². The van der Waals surface area contributed by atoms with E-state index in [9.17, 15) is 9.59 Å². The lowest BCUT2D eigenvalue weighted by Gasteiger charge is -2.17. The molecule has 0 aromatic rings. The van der Waals surface area contributed by atoms with Crippen LogP contribution in [0.3, 0.4) is 0 Å². The zero-order chi connectivity index (χ0) is 23.7. The number of nitrogens with zero attached hydrogens (tertiary/aromatic N) is 1. The van der Waals surface area contributed by atoms with Crippen LogP contribution >= 0.6 is 0 Å². The van der Waals surface area contributed by atoms with Crippen LogP contribution in [0, 0.1) is 0 Å². The van der Waals surface area contributed by atoms with Crippen LogP contribution in [-0.4, -0.2) is 37.0 Å². The fourth-order valence-corrected chi connectivity index (χ4v) is 3.96. The molecule has 0 fully saturated rings. The molecule has 0 aliphatic heterocycles. The molecule has 3 amide bonds. The summed E-state index contributed by atoms with van der Waals surface area (Å²) in [6.07, 6.45) is 25.2. The van der Waals surface area contributed by atoms with Crippen LogP contribution in [0.1, 0.15) is 129 Å². The first-order valence-corrected chi connectivity index (χ1v) is 13.5. The highest BCUT2D eigenvalue weighted by molar-refractivity contribution is 5.75. The third kappa shape index (κ3) is 21.7. The van der Waals surface area contributed by atoms with Gasteiger partial charge < -0.3 is 15.5 Å². The Kier molecular flexibility index (Phi) is 23.0. The second-order valence-electron chi connectivity index (χ2n) is 9.18. The van der Waals surface area contributed by atoms with E-state index >= 15 is 0 Å². The van der Waals surface area contributed by atoms with Gasteiger partial charge in [0.1, 0.15) is 0 Å². The Morgan fingerprint density at radius 1 is 0.719 bits per heavy atom. The second-order valence-corrected chi connectivity index (χ2v) is 9.18. The van der Waals surface area contributed by atoms with E-state index in [1.54, 1.807) is 0 Å². The maximum Gasteiger partial charge on any atom is 0.318 e. The van der Waals surface area contributed by atoms with Crippen molar-refractivity contribution in [3.8, 4) is 0 Å². The van der Waals surface area contributed by atoms with Crippen molar-refractivity contribution >= 4 is 11.9 Å². The summed E-state index contributed by atoms with van der Waals surface area (Å²) in [5.74, 6) is 0.243. The maximum atomic E-state index is 12.2. The Morgan fingerprint density at radius 2 is 1.19 bits per heavy atom. The topological polar surface area (TPSA) is 61.4 Å². The minimum absolute atomic E-state index is 0.223. The van der Waals surface area contributed by atoms with Crippen molar-refractivity contribution in [3.05, 3.63) is 12.8 Å². The highest BCUT2D eigenvalue weighted by Crippen LogP contribution is 2.13. The van der Waals surface area contributed by atoms with E-state index in [1.165, 1.54) is 96.1 Å². The van der Waals surface area contributed by atoms with E-state index in [1.807, 2.05) is 11.9 Å². The lowest BCUT2D eigenvalue weighted by Crippen LogP contribution is -2.32. The van der Waals surface area contributed by atoms with Crippen LogP contribution in [0.25, 0.3) is 0 Å². The van der Waals surface area contributed by atoms with Crippen LogP contribution in [0.15, 0.2) is 12.8 Å². The average Bonchev–Trinajstić information content (AvgIpc) is 2.78. The lowest BCUT2D eigenvalue weighted by molar-refractivity contribution is -0.130. The Morgan fingerprint density at radius 3 is 1.69 bits per heavy atom. The fraction of sp³-hybridized carbons (Fsp3) is 0.852. The molecule has 0 radical (unpaired) electrons. The first-order chi connectivity index (χ1) is 15.6. The van der Waals surface area contributed by atoms with E-state index in [2.05, 4.69) is 24.1 Å². The number of rotatable bonds is 23. The molecule has 0 aromatic heterocycles. The van der Waals surface area contributed by atoms with Crippen molar-refractivity contribution in [2.24, 2.45) is 0 Å². The largest absolute Gasteiger partial charge is 0.346 e. The summed E-state index contributed by atoms with van der Waals surface area (Å²) in [4.78, 5) is 25.3. The number of carbonyl (C=O) groups is 2. The molecular formula is C27H53N3O2. The predicted molar refractivity (Wildman–Crippen MR) is 138 cm³/mol. The molecule has 0 saturated heterocycles. The van der Waals surface area contributed by atoms with E-state index in [4.69, 9.17) is 0 Å². The fourth-order valence-electron chi connectivity index (χ4n) is 3.96. The maximum absolute atomic E-state index is 12.2. The van der Waals surface area contributed by atoms with Gasteiger partial charge in [0.2, 0.25) is 5.91 Å². The van der Waals surface area contributed by atoms with Gasteiger partial charge in [-0.25, -0.2) is 4.79 Å². The summed E-state index contributed by atoms with van der Waals surface area (Å²) < 4.78 is 0. The van der Waals surface area contributed by atoms with Crippen molar-refractivity contribution in [2.75, 3.05) is 20.1 Å². The van der Waals surface area contributed by atoms with Gasteiger partial charge >= 0.3 is 6.03 Å². The number of unbranched alkanes of at least 4 members (excludes halogenated alkanes) is 16. The van der Waals surface area contributed by atoms with Gasteiger partial charge in [0.05, 0.1) is 0 Å². The summed E-state index contributed by atoms with van der Waals surface area (Å²) in [6, 6.07) is -0.223. The number of hydrogen-bond acceptors (Lipinski definition) is 2. The Hall–Kier alpha value is -1.52. The highest BCUT2D eigenvalue weighted by Gasteiger charge is 2.07. The van der Waals surface area contributed by atoms with Gasteiger partial charge in [-0.3, -0.25) is 4.79 Å². The number of hydrogen-bond donors (Lipinski definition) is 2. The molecule has 0 atom stereocenters. The normalized spacial score (nSPS) is 10.7. The highest BCUT2D eigenvalue weighted by atomic mass is 16.2. The Bertz CT molecular complexity index is 454. The van der Waals surface area contributed by atoms with E-state index < -0.39 is 0 Å². The summed E-state index contributed by atoms with van der Waals surface area (Å²) in [6.45, 7) is 7.22. The molecule has 0 heterocycles. The first kappa shape index (κ1) is 30.5. The van der Waals surface area contributed by atoms with Crippen molar-refractivity contribution in [1.29, 1.82) is 0 Å². The van der Waals surface area contributed by atoms with Crippen LogP contribution in [0.2, 0.25) is 0 Å². The molecule has 0 aromatic carbocycles. The quantitative estimate of drug-likeness (QED) is 0.160. The first-order valence-electron chi connectivity index (χ1n) is 13.5. The number of amides is 3. The van der Waals surface area contributed by atoms with E-state index in [0.29, 0.717) is 13.0 Å². The Labute approximate surface area is 199 Å². The third-order valence-corrected chi connectivity index (χ3v) is 6.11. The van der Waals surface area contributed by atoms with Crippen LogP contribution in [0.5, 0.6) is 0 Å². The minimum atomic E-state index is -0.223. The molecule has 32 heavy (non-hydrogen) atoms. The summed E-state index contributed by atoms with van der Waals surface area (Å²) in [7, 11) is 1.92. The molecule has 5 nitrogen and oxygen atoms in total. The molecule has 5 heteroatoms. The molecule has 0 unspecified atom stereocenters. The number of nitrogens with one attached hydrogen (secondary N) is 2. The molecule has 2 N–H and O–H groups in total. The molecule has 0 aliphatic rings. The smallest absolute Gasteiger partial charge is 0.318 e. The van der Waals surface area contributed by atoms with Crippen LogP contribution < -0.4 is 10.6 Å². The summed E-state index contributed by atoms with van der Waals surface area (Å²) >= 11 is 0. The van der Waals surface area contributed by atoms with Gasteiger partial charge in [-0.05, 0) is 25.5 Å². The molecular weight excluding hydrogens is 398 g/mol. The van der Waals surface area contributed by atoms with Crippen molar-refractivity contribution in [2.45, 2.75) is 129 Å². The van der Waals surface area contributed by atoms with Gasteiger partial charge in [-0.2, -0.15) is 0 Å². The lowest BCUT2D eigenvalue weighted by atomic mass is 10.0. The van der Waals surface area contributed by atoms with Gasteiger partial charge in [-0.15, -0.1) is 0 Å². The standard InChI is InChI=1S/C27H53N3O2/c1-4-6-7-8-9-10-11-12-13-14-15-16-17-18-22-25-30(3)26(31)23-20-19-21-24-29-27(32)28-5-2/h5H,2,4,6-25H2,1,3H3,(H2,28,29,32). The monoisotopic (exact) mass is 451 g/mol. The predicted octanol–water partition coefficient (Wildman–Crippen LogP) is 7.32. The van der Waals surface area contributed by atoms with Crippen LogP contribution in [-0.2, 0) is 4.79 Å². The van der Waals surface area contributed by atoms with Gasteiger partial charge in [-0.1, -0.05) is 110 Å². The van der Waals surface area contributed by atoms with Crippen molar-refractivity contribution in [3.63, 3.8) is 0 Å². The SMILES string of the molecule is C=CNC(=O)NCCCCCC(=O)N(C)CCCCCCCCCCCCCCCCC. The average molecular weight is 452 g/mol. The van der Waals surface area contributed by atoms with Gasteiger partial charge in [0.25, 0.3) is 0 Å². The molecule has 0 spiro atoms. The second kappa shape index (κ2) is 24.1. The summed E-state index contributed by atoms with van der Waals surface area (Å²) in [5.41, 5.74) is 0. The summed E-state index contributed by atoms with van der Waals surface area (Å²) in [5, 5.41) is 5.23. The minimum Gasteiger partial charge on any atom is -0.346 e. The van der Waals surface area contributed by atoms with Gasteiger partial charge in [0.15, 0.2) is 0 Å². The number of urea groups is 1. The zero-order valence-electron chi connectivity index (χ0n) is 21.4. The molecule has 0 saturated carbocycles. The molecule has 0 rings (SSSR count). The van der Waals surface area contributed by atoms with Crippen molar-refractivity contribution < 1.29 is 9.59 Å². The third-order valence-electron chi connectivity index (χ3n) is 6.11. The molecule has 0 aliphatic carbocycles. The van der Waals surface area contributed by atoms with E-state index in [0.717, 1.165) is 32.2 Å². The number of carbonyl (C=O) groups excluding carboxylic acids is 2. The van der Waals surface area contributed by atoms with Crippen LogP contribution in [0.4, 0.5) is 4.79 Å². The molecule has 0 bridgehead atoms. The van der Waals surface area contributed by atoms with E-state index in [-0.39, 0.29) is 11.9 Å². The zero-order valence-corrected chi connectivity index (χ0v) is 21.4.